The van der Waals surface area contributed by atoms with Gasteiger partial charge in [-0.2, -0.15) is 0 Å². The zero-order chi connectivity index (χ0) is 14.1. The Morgan fingerprint density at radius 2 is 1.80 bits per heavy atom. The van der Waals surface area contributed by atoms with E-state index in [1.54, 1.807) is 18.2 Å². The van der Waals surface area contributed by atoms with Crippen LogP contribution in [0.25, 0.3) is 21.2 Å². The number of hydrogen-bond acceptors (Lipinski definition) is 3. The van der Waals surface area contributed by atoms with Gasteiger partial charge in [0.15, 0.2) is 0 Å². The molecule has 0 aliphatic rings. The van der Waals surface area contributed by atoms with Crippen molar-refractivity contribution in [3.8, 4) is 11.1 Å². The molecule has 1 heterocycles. The lowest BCUT2D eigenvalue weighted by Crippen LogP contribution is -2.00. The molecule has 0 aliphatic heterocycles. The molecule has 0 fully saturated rings. The summed E-state index contributed by atoms with van der Waals surface area (Å²) in [7, 11) is 1.33. The molecule has 3 rings (SSSR count). The summed E-state index contributed by atoms with van der Waals surface area (Å²) in [6, 6.07) is 14.0. The lowest BCUT2D eigenvalue weighted by Gasteiger charge is -2.05. The smallest absolute Gasteiger partial charge is 0.348 e. The summed E-state index contributed by atoms with van der Waals surface area (Å²) in [5.41, 5.74) is 1.03. The van der Waals surface area contributed by atoms with Gasteiger partial charge in [-0.15, -0.1) is 11.3 Å². The van der Waals surface area contributed by atoms with Gasteiger partial charge in [-0.1, -0.05) is 36.4 Å². The van der Waals surface area contributed by atoms with Crippen LogP contribution in [-0.2, 0) is 4.74 Å². The SMILES string of the molecule is COC(=O)c1sc2ccccc2c1-c1ccccc1F. The van der Waals surface area contributed by atoms with Crippen molar-refractivity contribution in [2.45, 2.75) is 0 Å². The topological polar surface area (TPSA) is 26.3 Å². The Labute approximate surface area is 119 Å². The number of rotatable bonds is 2. The van der Waals surface area contributed by atoms with Crippen molar-refractivity contribution in [3.05, 3.63) is 59.2 Å². The van der Waals surface area contributed by atoms with Crippen LogP contribution in [0.5, 0.6) is 0 Å². The van der Waals surface area contributed by atoms with E-state index >= 15 is 0 Å². The maximum absolute atomic E-state index is 14.1. The third-order valence-electron chi connectivity index (χ3n) is 3.11. The molecule has 0 spiro atoms. The molecule has 0 unspecified atom stereocenters. The van der Waals surface area contributed by atoms with Crippen molar-refractivity contribution in [2.24, 2.45) is 0 Å². The van der Waals surface area contributed by atoms with Gasteiger partial charge in [-0.3, -0.25) is 0 Å². The molecule has 0 saturated heterocycles. The first kappa shape index (κ1) is 12.8. The molecule has 0 radical (unpaired) electrons. The van der Waals surface area contributed by atoms with Crippen LogP contribution in [0.1, 0.15) is 9.67 Å². The lowest BCUT2D eigenvalue weighted by molar-refractivity contribution is 0.0607. The Morgan fingerprint density at radius 3 is 2.55 bits per heavy atom. The Bertz CT molecular complexity index is 792. The number of ether oxygens (including phenoxy) is 1. The molecule has 1 aromatic heterocycles. The number of esters is 1. The normalized spacial score (nSPS) is 10.7. The minimum atomic E-state index is -0.440. The molecule has 2 aromatic carbocycles. The van der Waals surface area contributed by atoms with E-state index in [-0.39, 0.29) is 5.82 Å². The third kappa shape index (κ3) is 1.98. The molecule has 20 heavy (non-hydrogen) atoms. The van der Waals surface area contributed by atoms with Crippen molar-refractivity contribution < 1.29 is 13.9 Å². The molecule has 0 N–H and O–H groups in total. The predicted molar refractivity (Wildman–Crippen MR) is 78.6 cm³/mol. The Morgan fingerprint density at radius 1 is 1.10 bits per heavy atom. The second-order valence-corrected chi connectivity index (χ2v) is 5.33. The number of carbonyl (C=O) groups is 1. The number of benzene rings is 2. The average molecular weight is 286 g/mol. The fourth-order valence-electron chi connectivity index (χ4n) is 2.21. The van der Waals surface area contributed by atoms with Gasteiger partial charge in [0.1, 0.15) is 10.7 Å². The summed E-state index contributed by atoms with van der Waals surface area (Å²) in [5.74, 6) is -0.786. The summed E-state index contributed by atoms with van der Waals surface area (Å²) >= 11 is 1.32. The van der Waals surface area contributed by atoms with E-state index in [4.69, 9.17) is 4.74 Å². The van der Waals surface area contributed by atoms with Crippen molar-refractivity contribution in [3.63, 3.8) is 0 Å². The standard InChI is InChI=1S/C16H11FO2S/c1-19-16(18)15-14(10-6-2-4-8-12(10)17)11-7-3-5-9-13(11)20-15/h2-9H,1H3. The molecular weight excluding hydrogens is 275 g/mol. The minimum absolute atomic E-state index is 0.346. The van der Waals surface area contributed by atoms with Crippen LogP contribution in [0.15, 0.2) is 48.5 Å². The van der Waals surface area contributed by atoms with E-state index in [0.717, 1.165) is 10.1 Å². The first-order valence-electron chi connectivity index (χ1n) is 6.07. The number of carbonyl (C=O) groups excluding carboxylic acids is 1. The van der Waals surface area contributed by atoms with Crippen LogP contribution in [-0.4, -0.2) is 13.1 Å². The molecule has 0 aliphatic carbocycles. The van der Waals surface area contributed by atoms with E-state index in [2.05, 4.69) is 0 Å². The fourth-order valence-corrected chi connectivity index (χ4v) is 3.35. The van der Waals surface area contributed by atoms with Crippen LogP contribution >= 0.6 is 11.3 Å². The van der Waals surface area contributed by atoms with Gasteiger partial charge in [0.25, 0.3) is 0 Å². The van der Waals surface area contributed by atoms with Gasteiger partial charge < -0.3 is 4.74 Å². The zero-order valence-electron chi connectivity index (χ0n) is 10.7. The number of hydrogen-bond donors (Lipinski definition) is 0. The van der Waals surface area contributed by atoms with Crippen LogP contribution in [0.4, 0.5) is 4.39 Å². The number of halogens is 1. The summed E-state index contributed by atoms with van der Waals surface area (Å²) < 4.78 is 19.8. The van der Waals surface area contributed by atoms with Crippen LogP contribution in [0.2, 0.25) is 0 Å². The van der Waals surface area contributed by atoms with Crippen molar-refractivity contribution in [1.29, 1.82) is 0 Å². The van der Waals surface area contributed by atoms with Crippen LogP contribution < -0.4 is 0 Å². The Balaban J connectivity index is 2.38. The van der Waals surface area contributed by atoms with Gasteiger partial charge in [0.05, 0.1) is 7.11 Å². The highest BCUT2D eigenvalue weighted by Crippen LogP contribution is 2.39. The number of methoxy groups -OCH3 is 1. The summed E-state index contributed by atoms with van der Waals surface area (Å²) in [5, 5.41) is 0.864. The van der Waals surface area contributed by atoms with Crippen molar-refractivity contribution >= 4 is 27.4 Å². The molecule has 0 atom stereocenters. The predicted octanol–water partition coefficient (Wildman–Crippen LogP) is 4.49. The largest absolute Gasteiger partial charge is 0.465 e. The van der Waals surface area contributed by atoms with Gasteiger partial charge in [-0.25, -0.2) is 9.18 Å². The highest BCUT2D eigenvalue weighted by atomic mass is 32.1. The second-order valence-electron chi connectivity index (χ2n) is 4.27. The molecular formula is C16H11FO2S. The number of fused-ring (bicyclic) bond motifs is 1. The van der Waals surface area contributed by atoms with Crippen molar-refractivity contribution in [1.82, 2.24) is 0 Å². The first-order valence-corrected chi connectivity index (χ1v) is 6.88. The maximum Gasteiger partial charge on any atom is 0.348 e. The molecule has 0 saturated carbocycles. The lowest BCUT2D eigenvalue weighted by atomic mass is 10.0. The van der Waals surface area contributed by atoms with Gasteiger partial charge in [0, 0.05) is 21.2 Å². The molecule has 100 valence electrons. The molecule has 4 heteroatoms. The third-order valence-corrected chi connectivity index (χ3v) is 4.26. The van der Waals surface area contributed by atoms with E-state index in [1.165, 1.54) is 24.5 Å². The minimum Gasteiger partial charge on any atom is -0.465 e. The Hall–Kier alpha value is -2.20. The molecule has 2 nitrogen and oxygen atoms in total. The quantitative estimate of drug-likeness (QED) is 0.649. The average Bonchev–Trinajstić information content (AvgIpc) is 2.86. The van der Waals surface area contributed by atoms with Gasteiger partial charge in [0.2, 0.25) is 0 Å². The summed E-state index contributed by atoms with van der Waals surface area (Å²) in [6.07, 6.45) is 0. The highest BCUT2D eigenvalue weighted by Gasteiger charge is 2.21. The molecule has 0 bridgehead atoms. The summed E-state index contributed by atoms with van der Waals surface area (Å²) in [6.45, 7) is 0. The molecule has 0 amide bonds. The Kier molecular flexibility index (Phi) is 3.24. The van der Waals surface area contributed by atoms with E-state index in [1.807, 2.05) is 24.3 Å². The van der Waals surface area contributed by atoms with Gasteiger partial charge >= 0.3 is 5.97 Å². The fraction of sp³-hybridized carbons (Fsp3) is 0.0625. The first-order chi connectivity index (χ1) is 9.72. The maximum atomic E-state index is 14.1. The van der Waals surface area contributed by atoms with Crippen LogP contribution in [0, 0.1) is 5.82 Å². The second kappa shape index (κ2) is 5.06. The van der Waals surface area contributed by atoms with E-state index in [0.29, 0.717) is 16.0 Å². The van der Waals surface area contributed by atoms with E-state index in [9.17, 15) is 9.18 Å². The van der Waals surface area contributed by atoms with Crippen LogP contribution in [0.3, 0.4) is 0 Å². The summed E-state index contributed by atoms with van der Waals surface area (Å²) in [4.78, 5) is 12.4. The van der Waals surface area contributed by atoms with Gasteiger partial charge in [-0.05, 0) is 12.1 Å². The zero-order valence-corrected chi connectivity index (χ0v) is 11.5. The monoisotopic (exact) mass is 286 g/mol. The molecule has 3 aromatic rings. The van der Waals surface area contributed by atoms with Crippen molar-refractivity contribution in [2.75, 3.05) is 7.11 Å². The highest BCUT2D eigenvalue weighted by molar-refractivity contribution is 7.21. The number of thiophene rings is 1. The van der Waals surface area contributed by atoms with E-state index < -0.39 is 5.97 Å².